The maximum absolute atomic E-state index is 13.6. The van der Waals surface area contributed by atoms with Crippen molar-refractivity contribution in [2.24, 2.45) is 0 Å². The molecule has 100 valence electrons. The molecule has 0 spiro atoms. The van der Waals surface area contributed by atoms with Crippen LogP contribution in [-0.4, -0.2) is 17.4 Å². The molecule has 18 heavy (non-hydrogen) atoms. The molecule has 0 aliphatic carbocycles. The van der Waals surface area contributed by atoms with Crippen molar-refractivity contribution in [3.05, 3.63) is 35.4 Å². The Kier molecular flexibility index (Phi) is 5.59. The van der Waals surface area contributed by atoms with E-state index in [1.165, 1.54) is 23.9 Å². The third-order valence-corrected chi connectivity index (χ3v) is 3.71. The largest absolute Gasteiger partial charge is 0.348 e. The first-order valence-corrected chi connectivity index (χ1v) is 7.06. The number of amides is 1. The van der Waals surface area contributed by atoms with E-state index in [9.17, 15) is 13.6 Å². The van der Waals surface area contributed by atoms with Gasteiger partial charge in [-0.05, 0) is 25.7 Å². The number of carbonyl (C=O) groups is 1. The van der Waals surface area contributed by atoms with Crippen LogP contribution in [0.5, 0.6) is 0 Å². The molecule has 0 aliphatic heterocycles. The predicted octanol–water partition coefficient (Wildman–Crippen LogP) is 3.28. The van der Waals surface area contributed by atoms with Gasteiger partial charge in [0.2, 0.25) is 5.91 Å². The molecule has 2 atom stereocenters. The van der Waals surface area contributed by atoms with Gasteiger partial charge in [-0.3, -0.25) is 4.79 Å². The Hall–Kier alpha value is -1.10. The maximum atomic E-state index is 13.6. The van der Waals surface area contributed by atoms with E-state index in [0.29, 0.717) is 12.0 Å². The lowest BCUT2D eigenvalue weighted by Crippen LogP contribution is -2.34. The van der Waals surface area contributed by atoms with Crippen LogP contribution in [-0.2, 0) is 4.79 Å². The topological polar surface area (TPSA) is 29.1 Å². The molecule has 0 bridgehead atoms. The highest BCUT2D eigenvalue weighted by molar-refractivity contribution is 7.99. The number of benzene rings is 1. The van der Waals surface area contributed by atoms with Crippen molar-refractivity contribution < 1.29 is 13.6 Å². The molecule has 0 radical (unpaired) electrons. The van der Waals surface area contributed by atoms with Crippen molar-refractivity contribution in [1.29, 1.82) is 0 Å². The van der Waals surface area contributed by atoms with Gasteiger partial charge in [0.25, 0.3) is 0 Å². The Morgan fingerprint density at radius 3 is 2.61 bits per heavy atom. The molecule has 1 N–H and O–H groups in total. The number of hydrogen-bond acceptors (Lipinski definition) is 2. The number of nitrogens with one attached hydrogen (secondary N) is 1. The second-order valence-electron chi connectivity index (χ2n) is 4.01. The highest BCUT2D eigenvalue weighted by atomic mass is 32.2. The number of thioether (sulfide) groups is 1. The quantitative estimate of drug-likeness (QED) is 0.892. The highest BCUT2D eigenvalue weighted by Crippen LogP contribution is 2.21. The first-order valence-electron chi connectivity index (χ1n) is 5.77. The monoisotopic (exact) mass is 273 g/mol. The minimum Gasteiger partial charge on any atom is -0.348 e. The molecule has 0 aliphatic rings. The molecule has 0 fully saturated rings. The first kappa shape index (κ1) is 15.0. The lowest BCUT2D eigenvalue weighted by atomic mass is 10.0. The predicted molar refractivity (Wildman–Crippen MR) is 70.5 cm³/mol. The molecule has 1 amide bonds. The Balaban J connectivity index is 2.86. The van der Waals surface area contributed by atoms with Crippen LogP contribution in [0.25, 0.3) is 0 Å². The minimum atomic E-state index is -0.626. The summed E-state index contributed by atoms with van der Waals surface area (Å²) in [7, 11) is 0. The van der Waals surface area contributed by atoms with Gasteiger partial charge >= 0.3 is 0 Å². The fourth-order valence-electron chi connectivity index (χ4n) is 1.58. The van der Waals surface area contributed by atoms with Crippen molar-refractivity contribution in [2.75, 3.05) is 6.26 Å². The van der Waals surface area contributed by atoms with Gasteiger partial charge in [0, 0.05) is 11.6 Å². The van der Waals surface area contributed by atoms with Crippen LogP contribution in [0, 0.1) is 11.6 Å². The lowest BCUT2D eigenvalue weighted by molar-refractivity contribution is -0.121. The molecule has 2 nitrogen and oxygen atoms in total. The fourth-order valence-corrected chi connectivity index (χ4v) is 1.86. The molecule has 0 heterocycles. The number of halogens is 2. The summed E-state index contributed by atoms with van der Waals surface area (Å²) in [6.07, 6.45) is 2.39. The third kappa shape index (κ3) is 3.70. The van der Waals surface area contributed by atoms with Crippen LogP contribution in [0.2, 0.25) is 0 Å². The van der Waals surface area contributed by atoms with Crippen molar-refractivity contribution in [3.63, 3.8) is 0 Å². The minimum absolute atomic E-state index is 0.141. The van der Waals surface area contributed by atoms with Crippen LogP contribution in [0.1, 0.15) is 31.9 Å². The third-order valence-electron chi connectivity index (χ3n) is 2.79. The van der Waals surface area contributed by atoms with E-state index in [4.69, 9.17) is 0 Å². The molecule has 2 unspecified atom stereocenters. The van der Waals surface area contributed by atoms with Crippen LogP contribution in [0.3, 0.4) is 0 Å². The number of rotatable bonds is 5. The summed E-state index contributed by atoms with van der Waals surface area (Å²) >= 11 is 1.42. The van der Waals surface area contributed by atoms with Gasteiger partial charge in [-0.2, -0.15) is 11.8 Å². The maximum Gasteiger partial charge on any atom is 0.233 e. The van der Waals surface area contributed by atoms with Crippen LogP contribution < -0.4 is 5.32 Å². The second-order valence-corrected chi connectivity index (χ2v) is 5.19. The zero-order valence-electron chi connectivity index (χ0n) is 10.7. The summed E-state index contributed by atoms with van der Waals surface area (Å²) in [5.41, 5.74) is 0.320. The van der Waals surface area contributed by atoms with E-state index in [-0.39, 0.29) is 11.2 Å². The average Bonchev–Trinajstić information content (AvgIpc) is 2.35. The Labute approximate surface area is 110 Å². The van der Waals surface area contributed by atoms with Gasteiger partial charge < -0.3 is 5.32 Å². The standard InChI is InChI=1S/C13H17F2NOS/c1-4-12(16-13(17)8(2)18-3)10-6-5-9(14)7-11(10)15/h5-8,12H,4H2,1-3H3,(H,16,17). The molecule has 0 saturated carbocycles. The van der Waals surface area contributed by atoms with Gasteiger partial charge in [0.15, 0.2) is 0 Å². The molecule has 5 heteroatoms. The molecule has 0 aromatic heterocycles. The van der Waals surface area contributed by atoms with E-state index in [1.807, 2.05) is 13.2 Å². The SMILES string of the molecule is CCC(NC(=O)C(C)SC)c1ccc(F)cc1F. The lowest BCUT2D eigenvalue weighted by Gasteiger charge is -2.20. The summed E-state index contributed by atoms with van der Waals surface area (Å²) in [6.45, 7) is 3.63. The summed E-state index contributed by atoms with van der Waals surface area (Å²) in [6, 6.07) is 2.99. The van der Waals surface area contributed by atoms with Gasteiger partial charge in [-0.25, -0.2) is 8.78 Å². The molecule has 0 saturated heterocycles. The second kappa shape index (κ2) is 6.73. The molecule has 1 aromatic rings. The molecule has 1 aromatic carbocycles. The fraction of sp³-hybridized carbons (Fsp3) is 0.462. The molecule has 1 rings (SSSR count). The summed E-state index contributed by atoms with van der Waals surface area (Å²) in [5, 5.41) is 2.58. The Morgan fingerprint density at radius 2 is 2.11 bits per heavy atom. The zero-order valence-corrected chi connectivity index (χ0v) is 11.5. The van der Waals surface area contributed by atoms with Crippen molar-refractivity contribution in [1.82, 2.24) is 5.32 Å². The molecular formula is C13H17F2NOS. The van der Waals surface area contributed by atoms with E-state index < -0.39 is 17.7 Å². The summed E-state index contributed by atoms with van der Waals surface area (Å²) in [5.74, 6) is -1.38. The van der Waals surface area contributed by atoms with Gasteiger partial charge in [0.05, 0.1) is 11.3 Å². The normalized spacial score (nSPS) is 14.1. The van der Waals surface area contributed by atoms with Gasteiger partial charge in [-0.15, -0.1) is 0 Å². The Morgan fingerprint density at radius 1 is 1.44 bits per heavy atom. The number of carbonyl (C=O) groups excluding carboxylic acids is 1. The van der Waals surface area contributed by atoms with E-state index >= 15 is 0 Å². The van der Waals surface area contributed by atoms with Crippen molar-refractivity contribution in [2.45, 2.75) is 31.6 Å². The summed E-state index contributed by atoms with van der Waals surface area (Å²) < 4.78 is 26.5. The average molecular weight is 273 g/mol. The van der Waals surface area contributed by atoms with E-state index in [1.54, 1.807) is 6.92 Å². The zero-order chi connectivity index (χ0) is 13.7. The van der Waals surface area contributed by atoms with Crippen LogP contribution in [0.4, 0.5) is 8.78 Å². The van der Waals surface area contributed by atoms with Crippen LogP contribution in [0.15, 0.2) is 18.2 Å². The Bertz CT molecular complexity index is 425. The highest BCUT2D eigenvalue weighted by Gasteiger charge is 2.19. The number of hydrogen-bond donors (Lipinski definition) is 1. The van der Waals surface area contributed by atoms with Crippen molar-refractivity contribution >= 4 is 17.7 Å². The van der Waals surface area contributed by atoms with E-state index in [2.05, 4.69) is 5.32 Å². The first-order chi connectivity index (χ1) is 8.49. The van der Waals surface area contributed by atoms with Crippen molar-refractivity contribution in [3.8, 4) is 0 Å². The van der Waals surface area contributed by atoms with E-state index in [0.717, 1.165) is 6.07 Å². The van der Waals surface area contributed by atoms with Gasteiger partial charge in [-0.1, -0.05) is 13.0 Å². The van der Waals surface area contributed by atoms with Gasteiger partial charge in [0.1, 0.15) is 11.6 Å². The molecular weight excluding hydrogens is 256 g/mol. The van der Waals surface area contributed by atoms with Crippen LogP contribution >= 0.6 is 11.8 Å². The summed E-state index contributed by atoms with van der Waals surface area (Å²) in [4.78, 5) is 11.8. The smallest absolute Gasteiger partial charge is 0.233 e.